The van der Waals surface area contributed by atoms with Crippen molar-refractivity contribution in [3.05, 3.63) is 27.2 Å². The highest BCUT2D eigenvalue weighted by Crippen LogP contribution is 2.23. The standard InChI is InChI=1S/C13H17BrFN3S/c1-3-17(4-2)5-6-18-12-8-10(15)9(14)7-11(12)16-13(18)19/h7-8H,3-6H2,1-2H3,(H,16,19). The lowest BCUT2D eigenvalue weighted by molar-refractivity contribution is 0.291. The molecule has 0 unspecified atom stereocenters. The fourth-order valence-corrected chi connectivity index (χ4v) is 2.80. The van der Waals surface area contributed by atoms with Crippen molar-refractivity contribution in [2.45, 2.75) is 20.4 Å². The maximum Gasteiger partial charge on any atom is 0.178 e. The largest absolute Gasteiger partial charge is 0.331 e. The Morgan fingerprint density at radius 3 is 2.68 bits per heavy atom. The van der Waals surface area contributed by atoms with Crippen molar-refractivity contribution in [3.63, 3.8) is 0 Å². The first-order chi connectivity index (χ1) is 9.06. The highest BCUT2D eigenvalue weighted by molar-refractivity contribution is 9.10. The van der Waals surface area contributed by atoms with E-state index >= 15 is 0 Å². The van der Waals surface area contributed by atoms with Gasteiger partial charge in [0.15, 0.2) is 4.77 Å². The van der Waals surface area contributed by atoms with Crippen molar-refractivity contribution in [3.8, 4) is 0 Å². The summed E-state index contributed by atoms with van der Waals surface area (Å²) in [5.74, 6) is -0.266. The third kappa shape index (κ3) is 3.07. The third-order valence-corrected chi connectivity index (χ3v) is 4.28. The number of rotatable bonds is 5. The first-order valence-corrected chi connectivity index (χ1v) is 7.56. The normalized spacial score (nSPS) is 11.6. The molecule has 0 saturated heterocycles. The number of hydrogen-bond acceptors (Lipinski definition) is 2. The summed E-state index contributed by atoms with van der Waals surface area (Å²) >= 11 is 8.50. The van der Waals surface area contributed by atoms with Crippen LogP contribution in [0.1, 0.15) is 13.8 Å². The van der Waals surface area contributed by atoms with Crippen LogP contribution in [0.5, 0.6) is 0 Å². The average Bonchev–Trinajstić information content (AvgIpc) is 2.67. The molecule has 0 aliphatic carbocycles. The second-order valence-corrected chi connectivity index (χ2v) is 5.63. The maximum atomic E-state index is 13.7. The van der Waals surface area contributed by atoms with Crippen LogP contribution in [0.2, 0.25) is 0 Å². The van der Waals surface area contributed by atoms with Gasteiger partial charge in [-0.2, -0.15) is 0 Å². The van der Waals surface area contributed by atoms with Crippen LogP contribution in [-0.2, 0) is 6.54 Å². The van der Waals surface area contributed by atoms with E-state index in [4.69, 9.17) is 12.2 Å². The smallest absolute Gasteiger partial charge is 0.178 e. The number of fused-ring (bicyclic) bond motifs is 1. The molecule has 0 fully saturated rings. The minimum absolute atomic E-state index is 0.266. The molecule has 1 aromatic heterocycles. The lowest BCUT2D eigenvalue weighted by atomic mass is 10.3. The number of imidazole rings is 1. The van der Waals surface area contributed by atoms with Crippen molar-refractivity contribution in [1.29, 1.82) is 0 Å². The van der Waals surface area contributed by atoms with Crippen LogP contribution in [0.15, 0.2) is 16.6 Å². The van der Waals surface area contributed by atoms with Gasteiger partial charge in [0.05, 0.1) is 15.5 Å². The minimum Gasteiger partial charge on any atom is -0.331 e. The number of benzene rings is 1. The number of likely N-dealkylation sites (N-methyl/N-ethyl adjacent to an activating group) is 1. The first kappa shape index (κ1) is 14.7. The number of aromatic nitrogens is 2. The Labute approximate surface area is 125 Å². The number of aromatic amines is 1. The number of hydrogen-bond donors (Lipinski definition) is 1. The van der Waals surface area contributed by atoms with E-state index in [0.717, 1.165) is 37.2 Å². The van der Waals surface area contributed by atoms with Crippen LogP contribution in [0, 0.1) is 10.6 Å². The van der Waals surface area contributed by atoms with Crippen molar-refractivity contribution in [1.82, 2.24) is 14.5 Å². The Balaban J connectivity index is 2.35. The number of nitrogens with one attached hydrogen (secondary N) is 1. The van der Waals surface area contributed by atoms with E-state index in [1.165, 1.54) is 6.07 Å². The number of H-pyrrole nitrogens is 1. The zero-order chi connectivity index (χ0) is 14.0. The third-order valence-electron chi connectivity index (χ3n) is 3.35. The topological polar surface area (TPSA) is 24.0 Å². The van der Waals surface area contributed by atoms with Crippen LogP contribution in [0.25, 0.3) is 11.0 Å². The zero-order valence-electron chi connectivity index (χ0n) is 11.0. The Kier molecular flexibility index (Phi) is 4.76. The van der Waals surface area contributed by atoms with Crippen molar-refractivity contribution in [2.24, 2.45) is 0 Å². The maximum absolute atomic E-state index is 13.7. The van der Waals surface area contributed by atoms with Crippen molar-refractivity contribution < 1.29 is 4.39 Å². The predicted octanol–water partition coefficient (Wildman–Crippen LogP) is 3.94. The van der Waals surface area contributed by atoms with Crippen molar-refractivity contribution in [2.75, 3.05) is 19.6 Å². The molecule has 1 heterocycles. The van der Waals surface area contributed by atoms with Gasteiger partial charge in [-0.05, 0) is 47.3 Å². The Morgan fingerprint density at radius 1 is 1.37 bits per heavy atom. The first-order valence-electron chi connectivity index (χ1n) is 6.36. The summed E-state index contributed by atoms with van der Waals surface area (Å²) in [7, 11) is 0. The zero-order valence-corrected chi connectivity index (χ0v) is 13.4. The second kappa shape index (κ2) is 6.15. The second-order valence-electron chi connectivity index (χ2n) is 4.39. The van der Waals surface area contributed by atoms with Crippen LogP contribution in [0.4, 0.5) is 4.39 Å². The van der Waals surface area contributed by atoms with Gasteiger partial charge in [-0.25, -0.2) is 4.39 Å². The van der Waals surface area contributed by atoms with Gasteiger partial charge in [-0.1, -0.05) is 13.8 Å². The molecule has 0 radical (unpaired) electrons. The summed E-state index contributed by atoms with van der Waals surface area (Å²) in [6.45, 7) is 7.95. The molecule has 104 valence electrons. The molecule has 1 N–H and O–H groups in total. The monoisotopic (exact) mass is 345 g/mol. The Bertz CT molecular complexity index is 631. The molecular formula is C13H17BrFN3S. The molecule has 0 amide bonds. The van der Waals surface area contributed by atoms with Gasteiger partial charge < -0.3 is 14.5 Å². The molecule has 2 aromatic rings. The van der Waals surface area contributed by atoms with Gasteiger partial charge in [0, 0.05) is 19.2 Å². The van der Waals surface area contributed by atoms with Crippen LogP contribution in [-0.4, -0.2) is 34.1 Å². The molecule has 0 aliphatic heterocycles. The van der Waals surface area contributed by atoms with Crippen LogP contribution < -0.4 is 0 Å². The summed E-state index contributed by atoms with van der Waals surface area (Å²) in [6, 6.07) is 3.25. The van der Waals surface area contributed by atoms with E-state index in [-0.39, 0.29) is 5.82 Å². The minimum atomic E-state index is -0.266. The van der Waals surface area contributed by atoms with Gasteiger partial charge in [-0.3, -0.25) is 0 Å². The van der Waals surface area contributed by atoms with Gasteiger partial charge in [0.2, 0.25) is 0 Å². The van der Waals surface area contributed by atoms with E-state index in [2.05, 4.69) is 39.7 Å². The Hall–Kier alpha value is -0.720. The highest BCUT2D eigenvalue weighted by Gasteiger charge is 2.09. The molecule has 0 aliphatic rings. The summed E-state index contributed by atoms with van der Waals surface area (Å²) in [5, 5.41) is 0. The molecule has 0 spiro atoms. The molecule has 1 aromatic carbocycles. The van der Waals surface area contributed by atoms with Crippen LogP contribution >= 0.6 is 28.1 Å². The number of halogens is 2. The van der Waals surface area contributed by atoms with Gasteiger partial charge in [0.25, 0.3) is 0 Å². The van der Waals surface area contributed by atoms with E-state index in [9.17, 15) is 4.39 Å². The van der Waals surface area contributed by atoms with E-state index < -0.39 is 0 Å². The van der Waals surface area contributed by atoms with Gasteiger partial charge in [0.1, 0.15) is 5.82 Å². The predicted molar refractivity (Wildman–Crippen MR) is 82.6 cm³/mol. The van der Waals surface area contributed by atoms with Gasteiger partial charge >= 0.3 is 0 Å². The quantitative estimate of drug-likeness (QED) is 0.829. The average molecular weight is 346 g/mol. The lowest BCUT2D eigenvalue weighted by Gasteiger charge is -2.18. The lowest BCUT2D eigenvalue weighted by Crippen LogP contribution is -2.27. The fraction of sp³-hybridized carbons (Fsp3) is 0.462. The van der Waals surface area contributed by atoms with Gasteiger partial charge in [-0.15, -0.1) is 0 Å². The van der Waals surface area contributed by atoms with E-state index in [1.54, 1.807) is 6.07 Å². The van der Waals surface area contributed by atoms with E-state index in [0.29, 0.717) is 9.24 Å². The van der Waals surface area contributed by atoms with E-state index in [1.807, 2.05) is 4.57 Å². The highest BCUT2D eigenvalue weighted by atomic mass is 79.9. The Morgan fingerprint density at radius 2 is 2.05 bits per heavy atom. The summed E-state index contributed by atoms with van der Waals surface area (Å²) < 4.78 is 16.7. The van der Waals surface area contributed by atoms with Crippen molar-refractivity contribution >= 4 is 39.2 Å². The molecular weight excluding hydrogens is 329 g/mol. The molecule has 2 rings (SSSR count). The molecule has 3 nitrogen and oxygen atoms in total. The number of nitrogens with zero attached hydrogens (tertiary/aromatic N) is 2. The summed E-state index contributed by atoms with van der Waals surface area (Å²) in [5.41, 5.74) is 1.68. The molecule has 19 heavy (non-hydrogen) atoms. The molecule has 0 atom stereocenters. The fourth-order valence-electron chi connectivity index (χ4n) is 2.16. The molecule has 0 bridgehead atoms. The summed E-state index contributed by atoms with van der Waals surface area (Å²) in [4.78, 5) is 5.43. The summed E-state index contributed by atoms with van der Waals surface area (Å²) in [6.07, 6.45) is 0. The SMILES string of the molecule is CCN(CC)CCn1c(=S)[nH]c2cc(Br)c(F)cc21. The van der Waals surface area contributed by atoms with Crippen LogP contribution in [0.3, 0.4) is 0 Å². The molecule has 6 heteroatoms. The molecule has 0 saturated carbocycles.